The Morgan fingerprint density at radius 1 is 1.12 bits per heavy atom. The maximum Gasteiger partial charge on any atom is 0.164 e. The molecule has 0 spiro atoms. The van der Waals surface area contributed by atoms with E-state index in [2.05, 4.69) is 17.0 Å². The van der Waals surface area contributed by atoms with E-state index >= 15 is 0 Å². The fourth-order valence-electron chi connectivity index (χ4n) is 3.18. The summed E-state index contributed by atoms with van der Waals surface area (Å²) in [5, 5.41) is 0. The van der Waals surface area contributed by atoms with Gasteiger partial charge in [0, 0.05) is 30.9 Å². The van der Waals surface area contributed by atoms with Crippen molar-refractivity contribution in [2.45, 2.75) is 51.5 Å². The van der Waals surface area contributed by atoms with Gasteiger partial charge in [0.25, 0.3) is 0 Å². The van der Waals surface area contributed by atoms with Crippen LogP contribution >= 0.6 is 0 Å². The molecule has 2 heteroatoms. The lowest BCUT2D eigenvalue weighted by Crippen LogP contribution is -2.07. The number of Topliss-reactive ketones (excluding diaryl/α,β-unsaturated/α-hetero) is 1. The molecule has 16 heavy (non-hydrogen) atoms. The summed E-state index contributed by atoms with van der Waals surface area (Å²) in [5.41, 5.74) is 2.29. The maximum absolute atomic E-state index is 11.7. The number of carbonyl (C=O) groups excluding carboxylic acids is 1. The van der Waals surface area contributed by atoms with Crippen LogP contribution in [0.4, 0.5) is 0 Å². The Labute approximate surface area is 96.6 Å². The van der Waals surface area contributed by atoms with Crippen molar-refractivity contribution in [1.82, 2.24) is 4.57 Å². The molecule has 0 atom stereocenters. The van der Waals surface area contributed by atoms with E-state index in [1.165, 1.54) is 31.2 Å². The number of fused-ring (bicyclic) bond motifs is 1. The minimum absolute atomic E-state index is 0.353. The van der Waals surface area contributed by atoms with Crippen LogP contribution in [0, 0.1) is 5.92 Å². The Kier molecular flexibility index (Phi) is 2.58. The molecule has 1 saturated carbocycles. The molecule has 1 aromatic heterocycles. The molecule has 0 bridgehead atoms. The smallest absolute Gasteiger partial charge is 0.164 e. The molecule has 1 aromatic rings. The summed E-state index contributed by atoms with van der Waals surface area (Å²) in [6.45, 7) is 1.13. The van der Waals surface area contributed by atoms with Gasteiger partial charge in [0.2, 0.25) is 0 Å². The highest BCUT2D eigenvalue weighted by Crippen LogP contribution is 2.28. The van der Waals surface area contributed by atoms with Crippen LogP contribution in [0.25, 0.3) is 0 Å². The summed E-state index contributed by atoms with van der Waals surface area (Å²) in [5.74, 6) is 1.20. The van der Waals surface area contributed by atoms with E-state index in [1.807, 2.05) is 0 Å². The SMILES string of the molecule is O=C1CCCc2cn(CC3CCCC3)cc21. The largest absolute Gasteiger partial charge is 0.353 e. The average Bonchev–Trinajstić information content (AvgIpc) is 2.88. The van der Waals surface area contributed by atoms with E-state index in [-0.39, 0.29) is 0 Å². The fraction of sp³-hybridized carbons (Fsp3) is 0.643. The lowest BCUT2D eigenvalue weighted by molar-refractivity contribution is 0.0973. The van der Waals surface area contributed by atoms with Gasteiger partial charge in [-0.25, -0.2) is 0 Å². The minimum Gasteiger partial charge on any atom is -0.353 e. The zero-order valence-electron chi connectivity index (χ0n) is 9.74. The highest BCUT2D eigenvalue weighted by Gasteiger charge is 2.21. The van der Waals surface area contributed by atoms with Gasteiger partial charge in [0.15, 0.2) is 5.78 Å². The zero-order chi connectivity index (χ0) is 11.0. The first-order valence-electron chi connectivity index (χ1n) is 6.55. The van der Waals surface area contributed by atoms with E-state index in [4.69, 9.17) is 0 Å². The predicted octanol–water partition coefficient (Wildman–Crippen LogP) is 3.20. The minimum atomic E-state index is 0.353. The molecule has 0 unspecified atom stereocenters. The normalized spacial score (nSPS) is 21.4. The number of rotatable bonds is 2. The van der Waals surface area contributed by atoms with E-state index in [1.54, 1.807) is 0 Å². The summed E-state index contributed by atoms with van der Waals surface area (Å²) in [6, 6.07) is 0. The maximum atomic E-state index is 11.7. The summed E-state index contributed by atoms with van der Waals surface area (Å²) in [4.78, 5) is 11.7. The van der Waals surface area contributed by atoms with Crippen molar-refractivity contribution in [1.29, 1.82) is 0 Å². The molecule has 3 rings (SSSR count). The van der Waals surface area contributed by atoms with Gasteiger partial charge >= 0.3 is 0 Å². The molecular weight excluding hydrogens is 198 g/mol. The third-order valence-electron chi connectivity index (χ3n) is 4.06. The van der Waals surface area contributed by atoms with Crippen LogP contribution < -0.4 is 0 Å². The number of aryl methyl sites for hydroxylation is 1. The summed E-state index contributed by atoms with van der Waals surface area (Å²) in [7, 11) is 0. The summed E-state index contributed by atoms with van der Waals surface area (Å²) < 4.78 is 2.27. The van der Waals surface area contributed by atoms with Crippen molar-refractivity contribution < 1.29 is 4.79 Å². The topological polar surface area (TPSA) is 22.0 Å². The van der Waals surface area contributed by atoms with Gasteiger partial charge in [0.05, 0.1) is 0 Å². The van der Waals surface area contributed by atoms with Crippen LogP contribution in [0.2, 0.25) is 0 Å². The molecule has 1 heterocycles. The third kappa shape index (κ3) is 1.81. The molecule has 2 aliphatic rings. The van der Waals surface area contributed by atoms with Crippen LogP contribution in [0.5, 0.6) is 0 Å². The summed E-state index contributed by atoms with van der Waals surface area (Å²) >= 11 is 0. The van der Waals surface area contributed by atoms with Gasteiger partial charge in [-0.05, 0) is 37.2 Å². The van der Waals surface area contributed by atoms with Gasteiger partial charge < -0.3 is 4.57 Å². The second kappa shape index (κ2) is 4.08. The fourth-order valence-corrected chi connectivity index (χ4v) is 3.18. The lowest BCUT2D eigenvalue weighted by atomic mass is 9.95. The van der Waals surface area contributed by atoms with Crippen molar-refractivity contribution in [2.24, 2.45) is 5.92 Å². The first-order chi connectivity index (χ1) is 7.83. The number of carbonyl (C=O) groups is 1. The zero-order valence-corrected chi connectivity index (χ0v) is 9.74. The van der Waals surface area contributed by atoms with Crippen molar-refractivity contribution in [3.63, 3.8) is 0 Å². The molecule has 2 aliphatic carbocycles. The Morgan fingerprint density at radius 3 is 2.69 bits per heavy atom. The first-order valence-corrected chi connectivity index (χ1v) is 6.55. The monoisotopic (exact) mass is 217 g/mol. The first kappa shape index (κ1) is 10.1. The Morgan fingerprint density at radius 2 is 1.94 bits per heavy atom. The van der Waals surface area contributed by atoms with E-state index in [9.17, 15) is 4.79 Å². The molecule has 0 saturated heterocycles. The van der Waals surface area contributed by atoms with Crippen molar-refractivity contribution >= 4 is 5.78 Å². The van der Waals surface area contributed by atoms with Crippen LogP contribution in [-0.2, 0) is 13.0 Å². The molecule has 86 valence electrons. The third-order valence-corrected chi connectivity index (χ3v) is 4.06. The Hall–Kier alpha value is -1.05. The molecular formula is C14H19NO. The average molecular weight is 217 g/mol. The number of nitrogens with zero attached hydrogens (tertiary/aromatic N) is 1. The molecule has 0 aliphatic heterocycles. The Bertz CT molecular complexity index is 399. The molecule has 0 amide bonds. The number of ketones is 1. The van der Waals surface area contributed by atoms with E-state index in [0.29, 0.717) is 5.78 Å². The number of hydrogen-bond acceptors (Lipinski definition) is 1. The molecule has 0 N–H and O–H groups in total. The second-order valence-electron chi connectivity index (χ2n) is 5.32. The van der Waals surface area contributed by atoms with Gasteiger partial charge in [0.1, 0.15) is 0 Å². The molecule has 0 radical (unpaired) electrons. The van der Waals surface area contributed by atoms with Gasteiger partial charge in [-0.15, -0.1) is 0 Å². The lowest BCUT2D eigenvalue weighted by Gasteiger charge is -2.09. The number of aromatic nitrogens is 1. The standard InChI is InChI=1S/C14H19NO/c16-14-7-3-6-12-9-15(10-13(12)14)8-11-4-1-2-5-11/h9-11H,1-8H2. The van der Waals surface area contributed by atoms with E-state index in [0.717, 1.165) is 37.3 Å². The summed E-state index contributed by atoms with van der Waals surface area (Å²) in [6.07, 6.45) is 12.7. The van der Waals surface area contributed by atoms with Crippen LogP contribution in [0.15, 0.2) is 12.4 Å². The highest BCUT2D eigenvalue weighted by atomic mass is 16.1. The Balaban J connectivity index is 1.78. The quantitative estimate of drug-likeness (QED) is 0.745. The molecule has 1 fully saturated rings. The predicted molar refractivity (Wildman–Crippen MR) is 63.7 cm³/mol. The second-order valence-corrected chi connectivity index (χ2v) is 5.32. The van der Waals surface area contributed by atoms with Crippen LogP contribution in [0.1, 0.15) is 54.4 Å². The van der Waals surface area contributed by atoms with E-state index < -0.39 is 0 Å². The molecule has 2 nitrogen and oxygen atoms in total. The highest BCUT2D eigenvalue weighted by molar-refractivity contribution is 5.98. The van der Waals surface area contributed by atoms with Gasteiger partial charge in [-0.2, -0.15) is 0 Å². The van der Waals surface area contributed by atoms with Crippen LogP contribution in [0.3, 0.4) is 0 Å². The van der Waals surface area contributed by atoms with Crippen molar-refractivity contribution in [2.75, 3.05) is 0 Å². The molecule has 0 aromatic carbocycles. The van der Waals surface area contributed by atoms with Gasteiger partial charge in [-0.3, -0.25) is 4.79 Å². The van der Waals surface area contributed by atoms with Crippen molar-refractivity contribution in [3.05, 3.63) is 23.5 Å². The number of hydrogen-bond donors (Lipinski definition) is 0. The van der Waals surface area contributed by atoms with Gasteiger partial charge in [-0.1, -0.05) is 12.8 Å². The van der Waals surface area contributed by atoms with Crippen molar-refractivity contribution in [3.8, 4) is 0 Å². The van der Waals surface area contributed by atoms with Crippen LogP contribution in [-0.4, -0.2) is 10.4 Å².